The molecular formula is C13H9FN2OS. The molecule has 5 heteroatoms. The fourth-order valence-electron chi connectivity index (χ4n) is 1.65. The lowest BCUT2D eigenvalue weighted by atomic mass is 10.1. The zero-order valence-corrected chi connectivity index (χ0v) is 10.2. The molecule has 1 aromatic carbocycles. The lowest BCUT2D eigenvalue weighted by molar-refractivity contribution is 0.517. The third-order valence-electron chi connectivity index (χ3n) is 2.48. The predicted octanol–water partition coefficient (Wildman–Crippen LogP) is 3.53. The van der Waals surface area contributed by atoms with Crippen LogP contribution in [0.1, 0.15) is 11.5 Å². The monoisotopic (exact) mass is 260 g/mol. The van der Waals surface area contributed by atoms with E-state index in [4.69, 9.17) is 4.42 Å². The van der Waals surface area contributed by atoms with Gasteiger partial charge < -0.3 is 4.42 Å². The number of halogens is 1. The van der Waals surface area contributed by atoms with Crippen molar-refractivity contribution in [3.8, 4) is 11.5 Å². The summed E-state index contributed by atoms with van der Waals surface area (Å²) < 4.78 is 18.6. The van der Waals surface area contributed by atoms with E-state index in [0.29, 0.717) is 18.2 Å². The van der Waals surface area contributed by atoms with Crippen molar-refractivity contribution in [2.75, 3.05) is 0 Å². The highest BCUT2D eigenvalue weighted by Crippen LogP contribution is 2.21. The molecule has 0 aliphatic heterocycles. The van der Waals surface area contributed by atoms with E-state index in [9.17, 15) is 4.39 Å². The van der Waals surface area contributed by atoms with Gasteiger partial charge in [-0.1, -0.05) is 12.1 Å². The third-order valence-corrected chi connectivity index (χ3v) is 3.16. The zero-order chi connectivity index (χ0) is 12.4. The summed E-state index contributed by atoms with van der Waals surface area (Å²) in [6.07, 6.45) is 0.439. The summed E-state index contributed by atoms with van der Waals surface area (Å²) in [6, 6.07) is 8.30. The van der Waals surface area contributed by atoms with Crippen LogP contribution in [0, 0.1) is 5.82 Å². The number of aromatic nitrogens is 2. The second kappa shape index (κ2) is 4.70. The molecule has 0 radical (unpaired) electrons. The van der Waals surface area contributed by atoms with Crippen LogP contribution in [-0.4, -0.2) is 10.2 Å². The molecular weight excluding hydrogens is 251 g/mol. The molecule has 0 saturated carbocycles. The molecule has 0 aliphatic rings. The molecule has 0 spiro atoms. The fourth-order valence-corrected chi connectivity index (χ4v) is 2.28. The van der Waals surface area contributed by atoms with Crippen molar-refractivity contribution in [3.63, 3.8) is 0 Å². The van der Waals surface area contributed by atoms with Gasteiger partial charge in [-0.15, -0.1) is 10.2 Å². The maximum Gasteiger partial charge on any atom is 0.248 e. The van der Waals surface area contributed by atoms with Gasteiger partial charge in [0.1, 0.15) is 5.82 Å². The Morgan fingerprint density at radius 1 is 1.22 bits per heavy atom. The van der Waals surface area contributed by atoms with Crippen molar-refractivity contribution in [2.45, 2.75) is 6.42 Å². The van der Waals surface area contributed by atoms with Gasteiger partial charge in [0.15, 0.2) is 0 Å². The van der Waals surface area contributed by atoms with E-state index in [1.54, 1.807) is 17.4 Å². The van der Waals surface area contributed by atoms with Crippen LogP contribution in [0.2, 0.25) is 0 Å². The van der Waals surface area contributed by atoms with Gasteiger partial charge in [-0.25, -0.2) is 4.39 Å². The molecule has 2 heterocycles. The largest absolute Gasteiger partial charge is 0.420 e. The van der Waals surface area contributed by atoms with E-state index in [-0.39, 0.29) is 5.82 Å². The lowest BCUT2D eigenvalue weighted by Crippen LogP contribution is -1.89. The van der Waals surface area contributed by atoms with Crippen LogP contribution in [0.15, 0.2) is 45.5 Å². The summed E-state index contributed by atoms with van der Waals surface area (Å²) in [6.45, 7) is 0. The summed E-state index contributed by atoms with van der Waals surface area (Å²) in [5, 5.41) is 11.8. The molecule has 3 nitrogen and oxygen atoms in total. The molecule has 3 aromatic rings. The van der Waals surface area contributed by atoms with Gasteiger partial charge >= 0.3 is 0 Å². The predicted molar refractivity (Wildman–Crippen MR) is 66.8 cm³/mol. The minimum Gasteiger partial charge on any atom is -0.420 e. The molecule has 90 valence electrons. The lowest BCUT2D eigenvalue weighted by Gasteiger charge is -1.96. The summed E-state index contributed by atoms with van der Waals surface area (Å²) in [4.78, 5) is 0. The Balaban J connectivity index is 1.82. The molecule has 0 saturated heterocycles. The van der Waals surface area contributed by atoms with Crippen molar-refractivity contribution < 1.29 is 8.81 Å². The normalized spacial score (nSPS) is 10.7. The van der Waals surface area contributed by atoms with Crippen molar-refractivity contribution in [3.05, 3.63) is 58.4 Å². The molecule has 0 amide bonds. The number of hydrogen-bond acceptors (Lipinski definition) is 4. The van der Waals surface area contributed by atoms with Crippen molar-refractivity contribution in [2.24, 2.45) is 0 Å². The number of benzene rings is 1. The Morgan fingerprint density at radius 2 is 2.17 bits per heavy atom. The average molecular weight is 260 g/mol. The standard InChI is InChI=1S/C13H9FN2OS/c14-11-3-1-2-9(6-11)7-12-15-16-13(17-12)10-4-5-18-8-10/h1-6,8H,7H2. The van der Waals surface area contributed by atoms with Crippen LogP contribution in [0.5, 0.6) is 0 Å². The first-order chi connectivity index (χ1) is 8.81. The third kappa shape index (κ3) is 2.31. The minimum atomic E-state index is -0.259. The Morgan fingerprint density at radius 3 is 2.94 bits per heavy atom. The van der Waals surface area contributed by atoms with Crippen LogP contribution < -0.4 is 0 Å². The van der Waals surface area contributed by atoms with Gasteiger partial charge in [0.2, 0.25) is 11.8 Å². The van der Waals surface area contributed by atoms with Crippen molar-refractivity contribution in [1.29, 1.82) is 0 Å². The highest BCUT2D eigenvalue weighted by atomic mass is 32.1. The molecule has 18 heavy (non-hydrogen) atoms. The van der Waals surface area contributed by atoms with Gasteiger partial charge in [-0.05, 0) is 29.1 Å². The van der Waals surface area contributed by atoms with Gasteiger partial charge in [-0.2, -0.15) is 11.3 Å². The first-order valence-electron chi connectivity index (χ1n) is 5.41. The molecule has 0 fully saturated rings. The van der Waals surface area contributed by atoms with Crippen molar-refractivity contribution >= 4 is 11.3 Å². The molecule has 0 N–H and O–H groups in total. The number of thiophene rings is 1. The van der Waals surface area contributed by atoms with Gasteiger partial charge in [0, 0.05) is 10.9 Å². The number of nitrogens with zero attached hydrogens (tertiary/aromatic N) is 2. The van der Waals surface area contributed by atoms with E-state index >= 15 is 0 Å². The zero-order valence-electron chi connectivity index (χ0n) is 9.34. The summed E-state index contributed by atoms with van der Waals surface area (Å²) in [7, 11) is 0. The summed E-state index contributed by atoms with van der Waals surface area (Å²) >= 11 is 1.57. The Hall–Kier alpha value is -2.01. The van der Waals surface area contributed by atoms with Crippen LogP contribution >= 0.6 is 11.3 Å². The molecule has 3 rings (SSSR count). The van der Waals surface area contributed by atoms with E-state index in [1.807, 2.05) is 22.9 Å². The quantitative estimate of drug-likeness (QED) is 0.723. The Bertz CT molecular complexity index is 649. The fraction of sp³-hybridized carbons (Fsp3) is 0.0769. The van der Waals surface area contributed by atoms with Gasteiger partial charge in [-0.3, -0.25) is 0 Å². The van der Waals surface area contributed by atoms with Crippen LogP contribution in [0.3, 0.4) is 0 Å². The van der Waals surface area contributed by atoms with Gasteiger partial charge in [0.05, 0.1) is 6.42 Å². The molecule has 0 aliphatic carbocycles. The summed E-state index contributed by atoms with van der Waals surface area (Å²) in [5.74, 6) is 0.731. The molecule has 0 bridgehead atoms. The first-order valence-corrected chi connectivity index (χ1v) is 6.35. The van der Waals surface area contributed by atoms with Crippen LogP contribution in [-0.2, 0) is 6.42 Å². The van der Waals surface area contributed by atoms with E-state index < -0.39 is 0 Å². The van der Waals surface area contributed by atoms with Crippen LogP contribution in [0.25, 0.3) is 11.5 Å². The molecule has 0 unspecified atom stereocenters. The van der Waals surface area contributed by atoms with Crippen LogP contribution in [0.4, 0.5) is 4.39 Å². The average Bonchev–Trinajstić information content (AvgIpc) is 2.98. The van der Waals surface area contributed by atoms with E-state index in [0.717, 1.165) is 11.1 Å². The van der Waals surface area contributed by atoms with E-state index in [2.05, 4.69) is 10.2 Å². The SMILES string of the molecule is Fc1cccc(Cc2nnc(-c3ccsc3)o2)c1. The van der Waals surface area contributed by atoms with E-state index in [1.165, 1.54) is 12.1 Å². The number of hydrogen-bond donors (Lipinski definition) is 0. The topological polar surface area (TPSA) is 38.9 Å². The van der Waals surface area contributed by atoms with Gasteiger partial charge in [0.25, 0.3) is 0 Å². The number of rotatable bonds is 3. The highest BCUT2D eigenvalue weighted by Gasteiger charge is 2.09. The van der Waals surface area contributed by atoms with Crippen molar-refractivity contribution in [1.82, 2.24) is 10.2 Å². The minimum absolute atomic E-state index is 0.259. The first kappa shape index (κ1) is 11.1. The molecule has 2 aromatic heterocycles. The summed E-state index contributed by atoms with van der Waals surface area (Å²) in [5.41, 5.74) is 1.73. The Kier molecular flexibility index (Phi) is 2.90. The second-order valence-corrected chi connectivity index (χ2v) is 4.60. The highest BCUT2D eigenvalue weighted by molar-refractivity contribution is 7.08. The Labute approximate surface area is 107 Å². The molecule has 0 atom stereocenters. The smallest absolute Gasteiger partial charge is 0.248 e. The maximum absolute atomic E-state index is 13.0. The second-order valence-electron chi connectivity index (χ2n) is 3.82. The maximum atomic E-state index is 13.0.